The van der Waals surface area contributed by atoms with Crippen LogP contribution in [0.3, 0.4) is 0 Å². The molecule has 0 aliphatic rings. The second-order valence-corrected chi connectivity index (χ2v) is 13.2. The van der Waals surface area contributed by atoms with Gasteiger partial charge in [0, 0.05) is 0 Å². The number of rotatable bonds is 4. The average molecular weight is 597 g/mol. The first-order valence-corrected chi connectivity index (χ1v) is 14.4. The van der Waals surface area contributed by atoms with Crippen LogP contribution in [0.2, 0.25) is 10.3 Å². The van der Waals surface area contributed by atoms with E-state index >= 15 is 0 Å². The number of nitrogens with zero attached hydrogens (tertiary/aromatic N) is 5. The van der Waals surface area contributed by atoms with Gasteiger partial charge in [0.15, 0.2) is 10.3 Å². The van der Waals surface area contributed by atoms with Crippen LogP contribution in [0, 0.1) is 20.2 Å². The molecule has 0 fully saturated rings. The van der Waals surface area contributed by atoms with Crippen molar-refractivity contribution in [3.8, 4) is 5.88 Å². The summed E-state index contributed by atoms with van der Waals surface area (Å²) < 4.78 is 9.51. The highest BCUT2D eigenvalue weighted by Crippen LogP contribution is 2.61. The van der Waals surface area contributed by atoms with Crippen LogP contribution >= 0.6 is 85.6 Å². The Labute approximate surface area is 205 Å². The van der Waals surface area contributed by atoms with Crippen molar-refractivity contribution in [2.75, 3.05) is 12.5 Å². The fraction of sp³-hybridized carbons (Fsp3) is 0.200. The summed E-state index contributed by atoms with van der Waals surface area (Å²) >= 11 is 27.2. The molecule has 13 nitrogen and oxygen atoms in total. The smallest absolute Gasteiger partial charge is 0.395 e. The van der Waals surface area contributed by atoms with Gasteiger partial charge in [0.1, 0.15) is 0 Å². The van der Waals surface area contributed by atoms with Gasteiger partial charge < -0.3 is 5.11 Å². The van der Waals surface area contributed by atoms with Gasteiger partial charge >= 0.3 is 22.1 Å². The molecule has 0 saturated heterocycles. The third kappa shape index (κ3) is 11.4. The van der Waals surface area contributed by atoms with E-state index < -0.39 is 37.9 Å². The van der Waals surface area contributed by atoms with Crippen LogP contribution in [0.4, 0.5) is 11.4 Å². The lowest BCUT2D eigenvalue weighted by atomic mass is 10.5. The fourth-order valence-electron chi connectivity index (χ4n) is 1.32. The summed E-state index contributed by atoms with van der Waals surface area (Å²) in [5, 5.41) is 26.3. The Morgan fingerprint density at radius 3 is 1.68 bits per heavy atom. The Hall–Kier alpha value is -1.06. The number of halogens is 5. The number of aromatic hydroxyl groups is 1. The second kappa shape index (κ2) is 13.5. The van der Waals surface area contributed by atoms with Crippen molar-refractivity contribution in [1.82, 2.24) is 19.9 Å². The minimum atomic E-state index is -3.22. The van der Waals surface area contributed by atoms with E-state index in [1.807, 2.05) is 0 Å². The summed E-state index contributed by atoms with van der Waals surface area (Å²) in [5.74, 6) is -0.863. The lowest BCUT2D eigenvalue weighted by Crippen LogP contribution is -2.13. The summed E-state index contributed by atoms with van der Waals surface area (Å²) in [7, 11) is 0. The number of H-pyrrole nitrogens is 1. The highest BCUT2D eigenvalue weighted by Gasteiger charge is 2.22. The zero-order chi connectivity index (χ0) is 24.5. The van der Waals surface area contributed by atoms with Crippen molar-refractivity contribution >= 4 is 97.0 Å². The largest absolute Gasteiger partial charge is 0.488 e. The number of hydrogen-bond acceptors (Lipinski definition) is 12. The van der Waals surface area contributed by atoms with Gasteiger partial charge in [0.25, 0.3) is 5.88 Å². The first-order valence-electron chi connectivity index (χ1n) is 6.74. The predicted octanol–water partition coefficient (Wildman–Crippen LogP) is 5.33. The number of nitro groups is 2. The molecule has 172 valence electrons. The summed E-state index contributed by atoms with van der Waals surface area (Å²) in [6, 6.07) is 0. The van der Waals surface area contributed by atoms with E-state index in [2.05, 4.69) is 53.7 Å². The van der Waals surface area contributed by atoms with Gasteiger partial charge in [-0.05, 0) is 46.2 Å². The van der Waals surface area contributed by atoms with E-state index in [0.29, 0.717) is 5.16 Å². The number of aromatic amines is 1. The Morgan fingerprint density at radius 2 is 1.39 bits per heavy atom. The summed E-state index contributed by atoms with van der Waals surface area (Å²) in [6.45, 7) is 0. The third-order valence-corrected chi connectivity index (χ3v) is 4.03. The molecule has 0 aromatic carbocycles. The zero-order valence-electron chi connectivity index (χ0n) is 14.8. The van der Waals surface area contributed by atoms with E-state index in [4.69, 9.17) is 28.3 Å². The summed E-state index contributed by atoms with van der Waals surface area (Å²) in [5.41, 5.74) is -2.35. The van der Waals surface area contributed by atoms with Crippen LogP contribution in [0.5, 0.6) is 5.88 Å². The highest BCUT2D eigenvalue weighted by molar-refractivity contribution is 8.24. The molecule has 2 aromatic heterocycles. The molecule has 0 bridgehead atoms. The van der Waals surface area contributed by atoms with Gasteiger partial charge in [0.05, 0.1) is 9.85 Å². The van der Waals surface area contributed by atoms with Crippen molar-refractivity contribution in [3.63, 3.8) is 0 Å². The van der Waals surface area contributed by atoms with E-state index in [1.165, 1.54) is 11.8 Å². The normalized spacial score (nSPS) is 10.3. The number of aromatic nitrogens is 4. The number of thioether (sulfide) groups is 2. The van der Waals surface area contributed by atoms with Gasteiger partial charge in [0.2, 0.25) is 10.3 Å². The van der Waals surface area contributed by atoms with Crippen LogP contribution in [-0.4, -0.2) is 47.4 Å². The molecule has 0 radical (unpaired) electrons. The molecule has 31 heavy (non-hydrogen) atoms. The summed E-state index contributed by atoms with van der Waals surface area (Å²) in [4.78, 5) is 42.7. The first kappa shape index (κ1) is 29.9. The molecule has 2 heterocycles. The molecule has 21 heteroatoms. The average Bonchev–Trinajstić information content (AvgIpc) is 2.58. The molecule has 0 unspecified atom stereocenters. The molecule has 0 spiro atoms. The van der Waals surface area contributed by atoms with E-state index in [-0.39, 0.29) is 15.5 Å². The van der Waals surface area contributed by atoms with Crippen molar-refractivity contribution < 1.29 is 19.5 Å². The minimum Gasteiger partial charge on any atom is -0.488 e. The maximum atomic E-state index is 11.0. The fourth-order valence-corrected chi connectivity index (χ4v) is 2.69. The van der Waals surface area contributed by atoms with Crippen LogP contribution < -0.4 is 5.56 Å². The Balaban J connectivity index is 0.000000479. The monoisotopic (exact) mass is 594 g/mol. The molecule has 0 amide bonds. The zero-order valence-corrected chi connectivity index (χ0v) is 21.1. The van der Waals surface area contributed by atoms with E-state index in [9.17, 15) is 29.6 Å². The highest BCUT2D eigenvalue weighted by atomic mass is 36.0. The van der Waals surface area contributed by atoms with Gasteiger partial charge in [-0.25, -0.2) is 9.97 Å². The first-order chi connectivity index (χ1) is 14.1. The maximum Gasteiger partial charge on any atom is 0.395 e. The van der Waals surface area contributed by atoms with Gasteiger partial charge in [-0.3, -0.25) is 34.6 Å². The summed E-state index contributed by atoms with van der Waals surface area (Å²) in [6.07, 6.45) is 3.33. The Morgan fingerprint density at radius 1 is 0.968 bits per heavy atom. The molecule has 0 saturated carbocycles. The van der Waals surface area contributed by atoms with Gasteiger partial charge in [-0.1, -0.05) is 46.7 Å². The Kier molecular flexibility index (Phi) is 13.0. The Bertz CT molecular complexity index is 1040. The number of nitrogens with one attached hydrogen (secondary N) is 1. The third-order valence-electron chi connectivity index (χ3n) is 2.37. The SMILES string of the molecule is CSc1nc(Cl)c([N+](=O)[O-])c(Cl)n1.CSc1nc(O)c([N+](=O)[O-])c(=O)[nH]1.O=P(Cl)(Cl)Cl. The lowest BCUT2D eigenvalue weighted by molar-refractivity contribution is -0.387. The standard InChI is InChI=1S/C5H3Cl2N3O2S.C5H5N3O4S.Cl3OP/c1-13-5-8-3(6)2(10(11)12)4(7)9-5;1-13-5-6-3(9)2(8(11)12)4(10)7-5;1-5(2,3)4/h1H3;1H3,(H2,6,7,9,10);. The molecular formula is C10H8Cl5N6O7PS2. The molecular weight excluding hydrogens is 589 g/mol. The predicted molar refractivity (Wildman–Crippen MR) is 121 cm³/mol. The van der Waals surface area contributed by atoms with Crippen LogP contribution in [0.25, 0.3) is 0 Å². The topological polar surface area (TPSA) is 195 Å². The van der Waals surface area contributed by atoms with Gasteiger partial charge in [-0.2, -0.15) is 4.98 Å². The molecule has 2 N–H and O–H groups in total. The molecule has 0 atom stereocenters. The van der Waals surface area contributed by atoms with Crippen LogP contribution in [0.15, 0.2) is 15.1 Å². The second-order valence-electron chi connectivity index (χ2n) is 4.30. The van der Waals surface area contributed by atoms with Gasteiger partial charge in [-0.15, -0.1) is 0 Å². The van der Waals surface area contributed by atoms with Crippen molar-refractivity contribution in [2.45, 2.75) is 10.3 Å². The lowest BCUT2D eigenvalue weighted by Gasteiger charge is -1.98. The molecule has 0 aliphatic carbocycles. The van der Waals surface area contributed by atoms with Crippen LogP contribution in [0.1, 0.15) is 0 Å². The molecule has 0 aliphatic heterocycles. The van der Waals surface area contributed by atoms with E-state index in [1.54, 1.807) is 12.5 Å². The van der Waals surface area contributed by atoms with Crippen molar-refractivity contribution in [3.05, 3.63) is 40.9 Å². The van der Waals surface area contributed by atoms with E-state index in [0.717, 1.165) is 11.8 Å². The quantitative estimate of drug-likeness (QED) is 0.115. The van der Waals surface area contributed by atoms with Crippen molar-refractivity contribution in [2.24, 2.45) is 0 Å². The van der Waals surface area contributed by atoms with Crippen LogP contribution in [-0.2, 0) is 4.57 Å². The van der Waals surface area contributed by atoms with Crippen molar-refractivity contribution in [1.29, 1.82) is 0 Å². The minimum absolute atomic E-state index is 0.133. The maximum absolute atomic E-state index is 11.0. The molecule has 2 rings (SSSR count). The molecule has 2 aromatic rings. The number of hydrogen-bond donors (Lipinski definition) is 2.